The molecule has 2 saturated carbocycles. The van der Waals surface area contributed by atoms with Gasteiger partial charge in [0.1, 0.15) is 0 Å². The molecule has 20 heavy (non-hydrogen) atoms. The number of likely N-dealkylation sites (tertiary alicyclic amines) is 1. The zero-order valence-electron chi connectivity index (χ0n) is 11.6. The maximum atomic E-state index is 12.8. The molecule has 1 saturated heterocycles. The molecule has 0 aromatic rings. The Morgan fingerprint density at radius 2 is 1.60 bits per heavy atom. The summed E-state index contributed by atoms with van der Waals surface area (Å²) < 4.78 is 0. The molecule has 1 heterocycles. The maximum Gasteiger partial charge on any atom is 0.307 e. The lowest BCUT2D eigenvalue weighted by atomic mass is 9.82. The van der Waals surface area contributed by atoms with Crippen LogP contribution in [0.3, 0.4) is 0 Å². The minimum absolute atomic E-state index is 0.0774. The smallest absolute Gasteiger partial charge is 0.307 e. The molecule has 2 bridgehead atoms. The van der Waals surface area contributed by atoms with Gasteiger partial charge >= 0.3 is 5.97 Å². The van der Waals surface area contributed by atoms with E-state index in [0.29, 0.717) is 11.8 Å². The molecule has 0 spiro atoms. The van der Waals surface area contributed by atoms with Crippen LogP contribution >= 0.6 is 0 Å². The highest BCUT2D eigenvalue weighted by atomic mass is 16.4. The molecule has 3 aliphatic carbocycles. The number of amides is 1. The Balaban J connectivity index is 1.53. The molecular weight excluding hydrogens is 254 g/mol. The molecule has 4 unspecified atom stereocenters. The Hall–Kier alpha value is -1.32. The first-order valence-electron chi connectivity index (χ1n) is 7.85. The van der Waals surface area contributed by atoms with Crippen LogP contribution in [0, 0.1) is 35.5 Å². The monoisotopic (exact) mass is 275 g/mol. The second-order valence-electron chi connectivity index (χ2n) is 7.03. The number of hydrogen-bond donors (Lipinski definition) is 1. The summed E-state index contributed by atoms with van der Waals surface area (Å²) in [6.45, 7) is 1.74. The second-order valence-corrected chi connectivity index (χ2v) is 7.03. The van der Waals surface area contributed by atoms with E-state index in [0.717, 1.165) is 19.5 Å². The molecule has 4 rings (SSSR count). The molecule has 1 N–H and O–H groups in total. The van der Waals surface area contributed by atoms with Crippen LogP contribution in [-0.2, 0) is 9.59 Å². The van der Waals surface area contributed by atoms with Crippen LogP contribution in [-0.4, -0.2) is 35.0 Å². The topological polar surface area (TPSA) is 57.6 Å². The fourth-order valence-electron chi connectivity index (χ4n) is 5.12. The molecule has 4 heteroatoms. The quantitative estimate of drug-likeness (QED) is 0.781. The van der Waals surface area contributed by atoms with Crippen LogP contribution in [0.4, 0.5) is 0 Å². The lowest BCUT2D eigenvalue weighted by Gasteiger charge is -2.28. The third-order valence-electron chi connectivity index (χ3n) is 6.07. The van der Waals surface area contributed by atoms with Gasteiger partial charge in [-0.05, 0) is 42.9 Å². The molecule has 0 aromatic carbocycles. The Morgan fingerprint density at radius 3 is 2.20 bits per heavy atom. The maximum absolute atomic E-state index is 12.8. The number of fused-ring (bicyclic) bond motifs is 3. The van der Waals surface area contributed by atoms with Gasteiger partial charge in [0.15, 0.2) is 0 Å². The summed E-state index contributed by atoms with van der Waals surface area (Å²) in [6, 6.07) is 0. The molecule has 4 nitrogen and oxygen atoms in total. The molecule has 1 aliphatic heterocycles. The first-order valence-corrected chi connectivity index (χ1v) is 7.85. The summed E-state index contributed by atoms with van der Waals surface area (Å²) in [5, 5.41) is 9.45. The molecular formula is C16H21NO3. The predicted molar refractivity (Wildman–Crippen MR) is 72.8 cm³/mol. The first kappa shape index (κ1) is 12.4. The van der Waals surface area contributed by atoms with Crippen LogP contribution in [0.2, 0.25) is 0 Å². The largest absolute Gasteiger partial charge is 0.481 e. The van der Waals surface area contributed by atoms with E-state index >= 15 is 0 Å². The number of aliphatic carboxylic acids is 1. The van der Waals surface area contributed by atoms with Crippen molar-refractivity contribution >= 4 is 11.9 Å². The van der Waals surface area contributed by atoms with Gasteiger partial charge in [0.05, 0.1) is 11.8 Å². The molecule has 0 aromatic heterocycles. The predicted octanol–water partition coefficient (Wildman–Crippen LogP) is 1.77. The lowest BCUT2D eigenvalue weighted by Crippen LogP contribution is -2.42. The van der Waals surface area contributed by atoms with Crippen molar-refractivity contribution in [1.82, 2.24) is 4.90 Å². The van der Waals surface area contributed by atoms with E-state index in [1.165, 1.54) is 19.3 Å². The highest BCUT2D eigenvalue weighted by Crippen LogP contribution is 2.49. The van der Waals surface area contributed by atoms with Crippen LogP contribution < -0.4 is 0 Å². The number of hydrogen-bond acceptors (Lipinski definition) is 2. The van der Waals surface area contributed by atoms with Gasteiger partial charge in [0.25, 0.3) is 0 Å². The lowest BCUT2D eigenvalue weighted by molar-refractivity contribution is -0.150. The molecule has 108 valence electrons. The molecule has 0 radical (unpaired) electrons. The summed E-state index contributed by atoms with van der Waals surface area (Å²) >= 11 is 0. The average Bonchev–Trinajstić information content (AvgIpc) is 3.14. The number of nitrogens with zero attached hydrogens (tertiary/aromatic N) is 1. The van der Waals surface area contributed by atoms with Gasteiger partial charge in [0, 0.05) is 13.1 Å². The third kappa shape index (κ3) is 1.66. The van der Waals surface area contributed by atoms with Crippen molar-refractivity contribution < 1.29 is 14.7 Å². The molecule has 4 aliphatic rings. The van der Waals surface area contributed by atoms with Crippen LogP contribution in [0.1, 0.15) is 25.7 Å². The Kier molecular flexibility index (Phi) is 2.69. The summed E-state index contributed by atoms with van der Waals surface area (Å²) in [4.78, 5) is 26.3. The second kappa shape index (κ2) is 4.34. The fraction of sp³-hybridized carbons (Fsp3) is 0.750. The van der Waals surface area contributed by atoms with Gasteiger partial charge in [-0.2, -0.15) is 0 Å². The summed E-state index contributed by atoms with van der Waals surface area (Å²) in [6.07, 6.45) is 8.72. The van der Waals surface area contributed by atoms with Crippen LogP contribution in [0.15, 0.2) is 12.2 Å². The number of carboxylic acid groups (broad SMARTS) is 1. The van der Waals surface area contributed by atoms with Crippen molar-refractivity contribution in [2.45, 2.75) is 25.7 Å². The Morgan fingerprint density at radius 1 is 1.00 bits per heavy atom. The van der Waals surface area contributed by atoms with Crippen molar-refractivity contribution in [2.75, 3.05) is 13.1 Å². The number of rotatable bonds is 2. The van der Waals surface area contributed by atoms with Gasteiger partial charge < -0.3 is 10.0 Å². The summed E-state index contributed by atoms with van der Waals surface area (Å²) in [5.41, 5.74) is 0. The molecule has 6 atom stereocenters. The Labute approximate surface area is 118 Å². The average molecular weight is 275 g/mol. The van der Waals surface area contributed by atoms with Crippen molar-refractivity contribution in [2.24, 2.45) is 35.5 Å². The number of carbonyl (C=O) groups excluding carboxylic acids is 1. The van der Waals surface area contributed by atoms with Crippen LogP contribution in [0.5, 0.6) is 0 Å². The third-order valence-corrected chi connectivity index (χ3v) is 6.07. The van der Waals surface area contributed by atoms with Crippen molar-refractivity contribution in [3.8, 4) is 0 Å². The van der Waals surface area contributed by atoms with E-state index < -0.39 is 11.9 Å². The van der Waals surface area contributed by atoms with E-state index in [2.05, 4.69) is 6.08 Å². The normalized spacial score (nSPS) is 45.1. The van der Waals surface area contributed by atoms with Gasteiger partial charge in [-0.3, -0.25) is 9.59 Å². The fourth-order valence-corrected chi connectivity index (χ4v) is 5.12. The number of allylic oxidation sites excluding steroid dienone is 2. The van der Waals surface area contributed by atoms with Gasteiger partial charge in [0.2, 0.25) is 5.91 Å². The SMILES string of the molecule is O=C(O)[C@@H]1C2C=CC(C2)[C@@H]1C(=O)N1CC2CCCC2C1. The highest BCUT2D eigenvalue weighted by molar-refractivity contribution is 5.87. The number of carbonyl (C=O) groups is 2. The van der Waals surface area contributed by atoms with E-state index in [9.17, 15) is 14.7 Å². The number of carboxylic acids is 1. The zero-order valence-corrected chi connectivity index (χ0v) is 11.6. The van der Waals surface area contributed by atoms with Gasteiger partial charge in [-0.25, -0.2) is 0 Å². The van der Waals surface area contributed by atoms with E-state index in [1.54, 1.807) is 0 Å². The van der Waals surface area contributed by atoms with Crippen molar-refractivity contribution in [3.63, 3.8) is 0 Å². The van der Waals surface area contributed by atoms with Crippen LogP contribution in [0.25, 0.3) is 0 Å². The highest BCUT2D eigenvalue weighted by Gasteiger charge is 2.53. The molecule has 3 fully saturated rings. The van der Waals surface area contributed by atoms with E-state index in [4.69, 9.17) is 0 Å². The first-order chi connectivity index (χ1) is 9.65. The van der Waals surface area contributed by atoms with Crippen molar-refractivity contribution in [3.05, 3.63) is 12.2 Å². The minimum Gasteiger partial charge on any atom is -0.481 e. The minimum atomic E-state index is -0.792. The Bertz CT molecular complexity index is 474. The zero-order chi connectivity index (χ0) is 13.9. The van der Waals surface area contributed by atoms with E-state index in [-0.39, 0.29) is 23.7 Å². The van der Waals surface area contributed by atoms with Gasteiger partial charge in [-0.1, -0.05) is 18.6 Å². The summed E-state index contributed by atoms with van der Waals surface area (Å²) in [7, 11) is 0. The van der Waals surface area contributed by atoms with E-state index in [1.807, 2.05) is 11.0 Å². The van der Waals surface area contributed by atoms with Gasteiger partial charge in [-0.15, -0.1) is 0 Å². The van der Waals surface area contributed by atoms with Crippen molar-refractivity contribution in [1.29, 1.82) is 0 Å². The molecule has 1 amide bonds. The summed E-state index contributed by atoms with van der Waals surface area (Å²) in [5.74, 6) is 0.123. The standard InChI is InChI=1S/C16H21NO3/c18-15(17-7-11-2-1-3-12(11)8-17)13-9-4-5-10(6-9)14(13)16(19)20/h4-5,9-14H,1-3,6-8H2,(H,19,20)/t9?,10?,11?,12?,13-,14+/m0/s1.